The Morgan fingerprint density at radius 3 is 2.95 bits per heavy atom. The van der Waals surface area contributed by atoms with Crippen molar-refractivity contribution in [2.45, 2.75) is 6.42 Å². The number of rotatable bonds is 3. The zero-order valence-electron chi connectivity index (χ0n) is 11.9. The number of carbonyl (C=O) groups is 1. The van der Waals surface area contributed by atoms with Crippen molar-refractivity contribution in [1.82, 2.24) is 25.6 Å². The molecule has 7 nitrogen and oxygen atoms in total. The van der Waals surface area contributed by atoms with Crippen molar-refractivity contribution < 1.29 is 9.42 Å². The number of nitrogens with one attached hydrogen (secondary N) is 1. The van der Waals surface area contributed by atoms with Gasteiger partial charge in [-0.2, -0.15) is 0 Å². The second-order valence-electron chi connectivity index (χ2n) is 4.85. The number of aromatic nitrogens is 2. The zero-order chi connectivity index (χ0) is 15.5. The molecule has 0 atom stereocenters. The van der Waals surface area contributed by atoms with Crippen LogP contribution in [0.2, 0.25) is 0 Å². The molecule has 1 aromatic heterocycles. The second kappa shape index (κ2) is 6.10. The molecule has 0 bridgehead atoms. The molecule has 0 radical (unpaired) electrons. The highest BCUT2D eigenvalue weighted by atomic mass is 32.1. The summed E-state index contributed by atoms with van der Waals surface area (Å²) in [7, 11) is 0. The van der Waals surface area contributed by atoms with Gasteiger partial charge in [0.2, 0.25) is 0 Å². The summed E-state index contributed by atoms with van der Waals surface area (Å²) in [5.41, 5.74) is 1.71. The Morgan fingerprint density at radius 1 is 1.36 bits per heavy atom. The Bertz CT molecular complexity index is 729. The van der Waals surface area contributed by atoms with Crippen molar-refractivity contribution in [3.63, 3.8) is 0 Å². The molecule has 114 valence electrons. The van der Waals surface area contributed by atoms with Gasteiger partial charge in [0.25, 0.3) is 5.91 Å². The lowest BCUT2D eigenvalue weighted by Crippen LogP contribution is -2.49. The van der Waals surface area contributed by atoms with Crippen molar-refractivity contribution >= 4 is 34.3 Å². The van der Waals surface area contributed by atoms with Gasteiger partial charge < -0.3 is 5.32 Å². The molecule has 2 aromatic rings. The lowest BCUT2D eigenvalue weighted by atomic mass is 10.2. The molecule has 1 aromatic carbocycles. The van der Waals surface area contributed by atoms with E-state index in [0.29, 0.717) is 41.3 Å². The number of thiocarbonyl (C=S) groups is 1. The number of hydrazine groups is 1. The van der Waals surface area contributed by atoms with E-state index in [1.165, 1.54) is 0 Å². The molecule has 1 fully saturated rings. The zero-order valence-corrected chi connectivity index (χ0v) is 12.7. The molecule has 0 unspecified atom stereocenters. The predicted molar refractivity (Wildman–Crippen MR) is 85.0 cm³/mol. The predicted octanol–water partition coefficient (Wildman–Crippen LogP) is 1.35. The van der Waals surface area contributed by atoms with Gasteiger partial charge in [0.1, 0.15) is 11.0 Å². The quantitative estimate of drug-likeness (QED) is 0.676. The van der Waals surface area contributed by atoms with E-state index in [0.717, 1.165) is 6.42 Å². The van der Waals surface area contributed by atoms with Crippen LogP contribution in [0.15, 0.2) is 35.5 Å². The van der Waals surface area contributed by atoms with E-state index in [1.54, 1.807) is 34.3 Å². The van der Waals surface area contributed by atoms with Gasteiger partial charge >= 0.3 is 0 Å². The van der Waals surface area contributed by atoms with Crippen LogP contribution < -0.4 is 5.32 Å². The number of hydrogen-bond acceptors (Lipinski definition) is 5. The number of amides is 1. The molecule has 1 saturated heterocycles. The topological polar surface area (TPSA) is 74.5 Å². The summed E-state index contributed by atoms with van der Waals surface area (Å²) in [5.74, 6) is -0.120. The maximum absolute atomic E-state index is 12.7. The van der Waals surface area contributed by atoms with Gasteiger partial charge in [-0.05, 0) is 47.2 Å². The molecule has 8 heteroatoms. The van der Waals surface area contributed by atoms with Crippen molar-refractivity contribution in [3.8, 4) is 0 Å². The molecule has 1 aliphatic heterocycles. The highest BCUT2D eigenvalue weighted by molar-refractivity contribution is 7.80. The summed E-state index contributed by atoms with van der Waals surface area (Å²) in [6.07, 6.45) is 2.59. The monoisotopic (exact) mass is 317 g/mol. The number of carbonyl (C=O) groups excluding carboxylic acids is 1. The van der Waals surface area contributed by atoms with Crippen LogP contribution in [0.25, 0.3) is 11.0 Å². The number of nitrogens with zero attached hydrogens (tertiary/aromatic N) is 4. The first-order valence-corrected chi connectivity index (χ1v) is 7.32. The molecule has 1 amide bonds. The van der Waals surface area contributed by atoms with Crippen molar-refractivity contribution in [2.75, 3.05) is 19.6 Å². The molecule has 0 saturated carbocycles. The third-order valence-electron chi connectivity index (χ3n) is 3.40. The van der Waals surface area contributed by atoms with Gasteiger partial charge in [-0.3, -0.25) is 9.80 Å². The minimum atomic E-state index is -0.120. The molecular formula is C14H15N5O2S. The number of fused-ring (bicyclic) bond motifs is 1. The molecule has 1 aliphatic rings. The van der Waals surface area contributed by atoms with Crippen molar-refractivity contribution in [1.29, 1.82) is 0 Å². The summed E-state index contributed by atoms with van der Waals surface area (Å²) in [5, 5.41) is 14.5. The van der Waals surface area contributed by atoms with Crippen LogP contribution in [0, 0.1) is 0 Å². The fraction of sp³-hybridized carbons (Fsp3) is 0.286. The summed E-state index contributed by atoms with van der Waals surface area (Å²) in [6, 6.07) is 5.10. The Hall–Kier alpha value is -2.48. The lowest BCUT2D eigenvalue weighted by Gasteiger charge is -2.30. The highest BCUT2D eigenvalue weighted by Crippen LogP contribution is 2.18. The minimum Gasteiger partial charge on any atom is -0.358 e. The van der Waals surface area contributed by atoms with Gasteiger partial charge in [0, 0.05) is 25.2 Å². The Kier molecular flexibility index (Phi) is 4.01. The average Bonchev–Trinajstić information content (AvgIpc) is 3.19. The molecule has 2 heterocycles. The third-order valence-corrected chi connectivity index (χ3v) is 3.75. The van der Waals surface area contributed by atoms with Crippen LogP contribution in [0.4, 0.5) is 0 Å². The fourth-order valence-corrected chi connectivity index (χ4v) is 2.62. The van der Waals surface area contributed by atoms with Gasteiger partial charge in [0.05, 0.1) is 0 Å². The maximum Gasteiger partial charge on any atom is 0.272 e. The molecule has 0 aliphatic carbocycles. The van der Waals surface area contributed by atoms with Crippen LogP contribution in [0.1, 0.15) is 16.8 Å². The first kappa shape index (κ1) is 14.5. The van der Waals surface area contributed by atoms with E-state index >= 15 is 0 Å². The standard InChI is InChI=1S/C14H15N5O2S/c1-2-6-15-14(22)19-8-3-7-18(19)13(20)10-4-5-11-12(9-10)17-21-16-11/h2,4-5,9H,1,3,6-8H2,(H,15,22). The largest absolute Gasteiger partial charge is 0.358 e. The first-order chi connectivity index (χ1) is 10.7. The maximum atomic E-state index is 12.7. The van der Waals surface area contributed by atoms with Crippen LogP contribution in [-0.4, -0.2) is 51.0 Å². The fourth-order valence-electron chi connectivity index (χ4n) is 2.35. The Morgan fingerprint density at radius 2 is 2.14 bits per heavy atom. The second-order valence-corrected chi connectivity index (χ2v) is 5.23. The Labute approximate surface area is 132 Å². The summed E-state index contributed by atoms with van der Waals surface area (Å²) >= 11 is 5.32. The minimum absolute atomic E-state index is 0.120. The molecule has 1 N–H and O–H groups in total. The number of hydrogen-bond donors (Lipinski definition) is 1. The van der Waals surface area contributed by atoms with Gasteiger partial charge in [-0.25, -0.2) is 9.64 Å². The van der Waals surface area contributed by atoms with Gasteiger partial charge in [-0.1, -0.05) is 6.08 Å². The smallest absolute Gasteiger partial charge is 0.272 e. The van der Waals surface area contributed by atoms with Gasteiger partial charge in [0.15, 0.2) is 5.11 Å². The normalized spacial score (nSPS) is 14.4. The molecular weight excluding hydrogens is 302 g/mol. The highest BCUT2D eigenvalue weighted by Gasteiger charge is 2.29. The average molecular weight is 317 g/mol. The van der Waals surface area contributed by atoms with E-state index in [4.69, 9.17) is 12.2 Å². The van der Waals surface area contributed by atoms with Crippen LogP contribution in [0.3, 0.4) is 0 Å². The third kappa shape index (κ3) is 2.64. The lowest BCUT2D eigenvalue weighted by molar-refractivity contribution is 0.0492. The van der Waals surface area contributed by atoms with E-state index in [1.807, 2.05) is 0 Å². The summed E-state index contributed by atoms with van der Waals surface area (Å²) in [4.78, 5) is 12.7. The van der Waals surface area contributed by atoms with E-state index in [2.05, 4.69) is 26.8 Å². The molecule has 3 rings (SSSR count). The van der Waals surface area contributed by atoms with E-state index in [9.17, 15) is 4.79 Å². The number of benzene rings is 1. The first-order valence-electron chi connectivity index (χ1n) is 6.91. The summed E-state index contributed by atoms with van der Waals surface area (Å²) in [6.45, 7) is 5.54. The SMILES string of the molecule is C=CCNC(=S)N1CCCN1C(=O)c1ccc2nonc2c1. The van der Waals surface area contributed by atoms with Crippen molar-refractivity contribution in [2.24, 2.45) is 0 Å². The Balaban J connectivity index is 1.80. The summed E-state index contributed by atoms with van der Waals surface area (Å²) < 4.78 is 4.65. The van der Waals surface area contributed by atoms with Crippen LogP contribution >= 0.6 is 12.2 Å². The van der Waals surface area contributed by atoms with E-state index in [-0.39, 0.29) is 5.91 Å². The van der Waals surface area contributed by atoms with Crippen LogP contribution in [0.5, 0.6) is 0 Å². The molecule has 22 heavy (non-hydrogen) atoms. The van der Waals surface area contributed by atoms with Crippen LogP contribution in [-0.2, 0) is 0 Å². The van der Waals surface area contributed by atoms with E-state index < -0.39 is 0 Å². The molecule has 0 spiro atoms. The van der Waals surface area contributed by atoms with Gasteiger partial charge in [-0.15, -0.1) is 6.58 Å². The van der Waals surface area contributed by atoms with Crippen molar-refractivity contribution in [3.05, 3.63) is 36.4 Å².